The summed E-state index contributed by atoms with van der Waals surface area (Å²) in [5.74, 6) is -0.188. The van der Waals surface area contributed by atoms with Crippen molar-refractivity contribution in [3.63, 3.8) is 0 Å². The molecule has 1 heterocycles. The van der Waals surface area contributed by atoms with Gasteiger partial charge in [-0.1, -0.05) is 15.9 Å². The molecule has 0 radical (unpaired) electrons. The van der Waals surface area contributed by atoms with E-state index in [2.05, 4.69) is 25.9 Å². The average molecular weight is 339 g/mol. The van der Waals surface area contributed by atoms with Crippen LogP contribution in [0.2, 0.25) is 0 Å². The molecule has 20 heavy (non-hydrogen) atoms. The zero-order valence-corrected chi connectivity index (χ0v) is 12.4. The lowest BCUT2D eigenvalue weighted by Crippen LogP contribution is -2.08. The van der Waals surface area contributed by atoms with Gasteiger partial charge in [-0.25, -0.2) is 0 Å². The Bertz CT molecular complexity index is 695. The van der Waals surface area contributed by atoms with Gasteiger partial charge in [-0.3, -0.25) is 14.8 Å². The quantitative estimate of drug-likeness (QED) is 0.577. The Morgan fingerprint density at radius 1 is 1.30 bits per heavy atom. The summed E-state index contributed by atoms with van der Waals surface area (Å²) in [6.45, 7) is 0.712. The zero-order valence-electron chi connectivity index (χ0n) is 10.8. The summed E-state index contributed by atoms with van der Waals surface area (Å²) in [6.07, 6.45) is 3.03. The number of aromatic nitrogens is 1. The van der Waals surface area contributed by atoms with Crippen LogP contribution < -0.4 is 5.56 Å². The summed E-state index contributed by atoms with van der Waals surface area (Å²) < 4.78 is 0.824. The molecule has 0 saturated carbocycles. The number of halogens is 1. The van der Waals surface area contributed by atoms with E-state index in [1.165, 1.54) is 0 Å². The monoisotopic (exact) mass is 338 g/mol. The van der Waals surface area contributed by atoms with E-state index in [-0.39, 0.29) is 18.0 Å². The van der Waals surface area contributed by atoms with Gasteiger partial charge >= 0.3 is 0 Å². The molecule has 1 aromatic heterocycles. The third-order valence-corrected chi connectivity index (χ3v) is 3.41. The highest BCUT2D eigenvalue weighted by Crippen LogP contribution is 2.24. The van der Waals surface area contributed by atoms with Crippen LogP contribution in [0.1, 0.15) is 18.4 Å². The average Bonchev–Trinajstić information content (AvgIpc) is 2.41. The van der Waals surface area contributed by atoms with Crippen molar-refractivity contribution < 1.29 is 10.2 Å². The number of benzene rings is 1. The Hall–Kier alpha value is -1.66. The van der Waals surface area contributed by atoms with E-state index in [1.54, 1.807) is 24.4 Å². The maximum Gasteiger partial charge on any atom is 0.258 e. The first kappa shape index (κ1) is 14.7. The summed E-state index contributed by atoms with van der Waals surface area (Å²) in [5, 5.41) is 19.7. The van der Waals surface area contributed by atoms with Crippen LogP contribution in [0.5, 0.6) is 5.88 Å². The van der Waals surface area contributed by atoms with Crippen LogP contribution in [0.4, 0.5) is 0 Å². The summed E-state index contributed by atoms with van der Waals surface area (Å²) in [7, 11) is 0. The van der Waals surface area contributed by atoms with E-state index in [0.29, 0.717) is 29.3 Å². The first-order valence-electron chi connectivity index (χ1n) is 6.28. The SMILES string of the molecule is O=c1[nH]c(O)c(C=NCCCCO)c2cc(Br)ccc12. The Balaban J connectivity index is 2.41. The van der Waals surface area contributed by atoms with E-state index < -0.39 is 0 Å². The Kier molecular flexibility index (Phi) is 4.92. The minimum absolute atomic E-state index is 0.148. The number of aromatic amines is 1. The fraction of sp³-hybridized carbons (Fsp3) is 0.286. The molecule has 6 heteroatoms. The minimum Gasteiger partial charge on any atom is -0.494 e. The van der Waals surface area contributed by atoms with Crippen molar-refractivity contribution in [3.8, 4) is 5.88 Å². The third kappa shape index (κ3) is 3.26. The number of rotatable bonds is 5. The molecule has 0 saturated heterocycles. The molecular formula is C14H15BrN2O3. The number of H-pyrrole nitrogens is 1. The zero-order chi connectivity index (χ0) is 14.5. The first-order valence-corrected chi connectivity index (χ1v) is 7.08. The molecule has 2 rings (SSSR count). The third-order valence-electron chi connectivity index (χ3n) is 2.92. The first-order chi connectivity index (χ1) is 9.63. The van der Waals surface area contributed by atoms with Crippen molar-refractivity contribution in [2.45, 2.75) is 12.8 Å². The molecule has 0 atom stereocenters. The van der Waals surface area contributed by atoms with Crippen molar-refractivity contribution in [1.82, 2.24) is 4.98 Å². The lowest BCUT2D eigenvalue weighted by atomic mass is 10.1. The number of hydrogen-bond acceptors (Lipinski definition) is 4. The highest BCUT2D eigenvalue weighted by molar-refractivity contribution is 9.10. The fourth-order valence-electron chi connectivity index (χ4n) is 1.91. The van der Waals surface area contributed by atoms with E-state index in [9.17, 15) is 9.90 Å². The molecule has 0 amide bonds. The van der Waals surface area contributed by atoms with Gasteiger partial charge in [0.2, 0.25) is 5.88 Å². The van der Waals surface area contributed by atoms with Gasteiger partial charge in [-0.2, -0.15) is 0 Å². The lowest BCUT2D eigenvalue weighted by molar-refractivity contribution is 0.285. The van der Waals surface area contributed by atoms with Crippen molar-refractivity contribution in [2.75, 3.05) is 13.2 Å². The number of hydrogen-bond donors (Lipinski definition) is 3. The number of nitrogens with one attached hydrogen (secondary N) is 1. The second-order valence-electron chi connectivity index (χ2n) is 4.37. The molecule has 0 spiro atoms. The minimum atomic E-state index is -0.331. The van der Waals surface area contributed by atoms with Crippen LogP contribution in [-0.2, 0) is 0 Å². The van der Waals surface area contributed by atoms with Gasteiger partial charge in [0.15, 0.2) is 0 Å². The van der Waals surface area contributed by atoms with Crippen molar-refractivity contribution in [2.24, 2.45) is 4.99 Å². The van der Waals surface area contributed by atoms with Gasteiger partial charge in [0.25, 0.3) is 5.56 Å². The van der Waals surface area contributed by atoms with Gasteiger partial charge in [0.1, 0.15) is 0 Å². The predicted octanol–water partition coefficient (Wildman–Crippen LogP) is 2.19. The molecule has 0 unspecified atom stereocenters. The molecular weight excluding hydrogens is 324 g/mol. The summed E-state index contributed by atoms with van der Waals surface area (Å²) in [4.78, 5) is 18.4. The molecule has 1 aromatic carbocycles. The maximum absolute atomic E-state index is 11.8. The normalized spacial score (nSPS) is 11.5. The summed E-state index contributed by atoms with van der Waals surface area (Å²) >= 11 is 3.35. The Morgan fingerprint density at radius 3 is 2.85 bits per heavy atom. The summed E-state index contributed by atoms with van der Waals surface area (Å²) in [5.41, 5.74) is 0.160. The molecule has 0 aliphatic heterocycles. The van der Waals surface area contributed by atoms with Crippen molar-refractivity contribution in [1.29, 1.82) is 0 Å². The number of aliphatic imine (C=N–C) groups is 1. The topological polar surface area (TPSA) is 85.7 Å². The van der Waals surface area contributed by atoms with Gasteiger partial charge < -0.3 is 10.2 Å². The molecule has 0 aliphatic carbocycles. The molecule has 5 nitrogen and oxygen atoms in total. The Labute approximate surface area is 124 Å². The van der Waals surface area contributed by atoms with E-state index >= 15 is 0 Å². The molecule has 0 fully saturated rings. The van der Waals surface area contributed by atoms with E-state index in [0.717, 1.165) is 10.9 Å². The lowest BCUT2D eigenvalue weighted by Gasteiger charge is -2.05. The van der Waals surface area contributed by atoms with Crippen LogP contribution in [0.3, 0.4) is 0 Å². The molecule has 0 aliphatic rings. The van der Waals surface area contributed by atoms with Crippen LogP contribution in [-0.4, -0.2) is 34.6 Å². The molecule has 0 bridgehead atoms. The van der Waals surface area contributed by atoms with Gasteiger partial charge in [-0.15, -0.1) is 0 Å². The number of aromatic hydroxyl groups is 1. The van der Waals surface area contributed by atoms with E-state index in [1.807, 2.05) is 0 Å². The highest BCUT2D eigenvalue weighted by atomic mass is 79.9. The van der Waals surface area contributed by atoms with Gasteiger partial charge in [0, 0.05) is 34.6 Å². The van der Waals surface area contributed by atoms with E-state index in [4.69, 9.17) is 5.11 Å². The number of fused-ring (bicyclic) bond motifs is 1. The fourth-order valence-corrected chi connectivity index (χ4v) is 2.27. The predicted molar refractivity (Wildman–Crippen MR) is 82.7 cm³/mol. The highest BCUT2D eigenvalue weighted by Gasteiger charge is 2.09. The molecule has 106 valence electrons. The van der Waals surface area contributed by atoms with Crippen LogP contribution >= 0.6 is 15.9 Å². The number of unbranched alkanes of at least 4 members (excludes halogenated alkanes) is 1. The van der Waals surface area contributed by atoms with Crippen LogP contribution in [0.15, 0.2) is 32.5 Å². The van der Waals surface area contributed by atoms with Gasteiger partial charge in [-0.05, 0) is 31.0 Å². The number of pyridine rings is 1. The maximum atomic E-state index is 11.8. The number of nitrogens with zero attached hydrogens (tertiary/aromatic N) is 1. The van der Waals surface area contributed by atoms with Crippen molar-refractivity contribution >= 4 is 32.9 Å². The molecule has 2 aromatic rings. The summed E-state index contributed by atoms with van der Waals surface area (Å²) in [6, 6.07) is 5.25. The van der Waals surface area contributed by atoms with Crippen molar-refractivity contribution in [3.05, 3.63) is 38.6 Å². The Morgan fingerprint density at radius 2 is 2.10 bits per heavy atom. The smallest absolute Gasteiger partial charge is 0.258 e. The standard InChI is InChI=1S/C14H15BrN2O3/c15-9-3-4-10-11(7-9)12(14(20)17-13(10)19)8-16-5-1-2-6-18/h3-4,7-8,18H,1-2,5-6H2,(H2,17,19,20). The second kappa shape index (κ2) is 6.67. The van der Waals surface area contributed by atoms with Gasteiger partial charge in [0.05, 0.1) is 5.56 Å². The number of aliphatic hydroxyl groups is 1. The number of aliphatic hydroxyl groups excluding tert-OH is 1. The molecule has 3 N–H and O–H groups in total. The van der Waals surface area contributed by atoms with Crippen LogP contribution in [0.25, 0.3) is 10.8 Å². The van der Waals surface area contributed by atoms with Crippen LogP contribution in [0, 0.1) is 0 Å². The second-order valence-corrected chi connectivity index (χ2v) is 5.29. The largest absolute Gasteiger partial charge is 0.494 e.